The Morgan fingerprint density at radius 3 is 2.75 bits per heavy atom. The van der Waals surface area contributed by atoms with Gasteiger partial charge in [0.25, 0.3) is 0 Å². The van der Waals surface area contributed by atoms with Crippen LogP contribution < -0.4 is 5.32 Å². The summed E-state index contributed by atoms with van der Waals surface area (Å²) in [6, 6.07) is 17.7. The van der Waals surface area contributed by atoms with Gasteiger partial charge in [0.2, 0.25) is 11.7 Å². The third-order valence-electron chi connectivity index (χ3n) is 4.50. The maximum Gasteiger partial charge on any atom is 0.236 e. The topological polar surface area (TPSA) is 85.8 Å². The number of aromatic nitrogens is 4. The molecular formula is C22H17N5O2S3. The lowest BCUT2D eigenvalue weighted by Crippen LogP contribution is -2.14. The zero-order valence-corrected chi connectivity index (χ0v) is 19.1. The number of carbonyl (C=O) groups excluding carboxylic acids is 1. The highest BCUT2D eigenvalue weighted by atomic mass is 32.2. The van der Waals surface area contributed by atoms with Gasteiger partial charge in [0.05, 0.1) is 29.1 Å². The number of furan rings is 1. The Hall–Kier alpha value is -3.21. The van der Waals surface area contributed by atoms with Crippen LogP contribution in [-0.2, 0) is 11.3 Å². The fraction of sp³-hybridized carbons (Fsp3) is 0.0909. The maximum absolute atomic E-state index is 12.5. The van der Waals surface area contributed by atoms with Gasteiger partial charge in [0.1, 0.15) is 0 Å². The number of hydrogen-bond donors (Lipinski definition) is 1. The van der Waals surface area contributed by atoms with Gasteiger partial charge in [-0.1, -0.05) is 48.2 Å². The minimum absolute atomic E-state index is 0.143. The number of anilines is 1. The summed E-state index contributed by atoms with van der Waals surface area (Å²) in [6.07, 6.45) is 1.61. The molecule has 0 saturated carbocycles. The van der Waals surface area contributed by atoms with Crippen LogP contribution in [0.25, 0.3) is 22.2 Å². The molecule has 160 valence electrons. The minimum Gasteiger partial charge on any atom is -0.461 e. The number of thiophene rings is 1. The van der Waals surface area contributed by atoms with Crippen molar-refractivity contribution in [1.29, 1.82) is 0 Å². The second kappa shape index (κ2) is 9.51. The quantitative estimate of drug-likeness (QED) is 0.296. The van der Waals surface area contributed by atoms with Gasteiger partial charge in [0.15, 0.2) is 16.0 Å². The summed E-state index contributed by atoms with van der Waals surface area (Å²) in [7, 11) is 0. The van der Waals surface area contributed by atoms with E-state index in [-0.39, 0.29) is 11.7 Å². The smallest absolute Gasteiger partial charge is 0.236 e. The molecule has 4 heterocycles. The molecule has 32 heavy (non-hydrogen) atoms. The summed E-state index contributed by atoms with van der Waals surface area (Å²) >= 11 is 4.37. The predicted molar refractivity (Wildman–Crippen MR) is 128 cm³/mol. The number of benzene rings is 1. The first-order valence-electron chi connectivity index (χ1n) is 9.69. The molecule has 7 nitrogen and oxygen atoms in total. The third-order valence-corrected chi connectivity index (χ3v) is 7.12. The van der Waals surface area contributed by atoms with E-state index < -0.39 is 0 Å². The molecule has 0 bridgehead atoms. The normalized spacial score (nSPS) is 11.0. The number of rotatable bonds is 8. The molecule has 0 atom stereocenters. The summed E-state index contributed by atoms with van der Waals surface area (Å²) < 4.78 is 7.49. The summed E-state index contributed by atoms with van der Waals surface area (Å²) in [5, 5.41) is 16.7. The van der Waals surface area contributed by atoms with Crippen LogP contribution in [-0.4, -0.2) is 31.4 Å². The monoisotopic (exact) mass is 479 g/mol. The highest BCUT2D eigenvalue weighted by Crippen LogP contribution is 2.29. The first-order valence-corrected chi connectivity index (χ1v) is 12.4. The number of nitrogens with one attached hydrogen (secondary N) is 1. The fourth-order valence-corrected chi connectivity index (χ4v) is 5.27. The van der Waals surface area contributed by atoms with Gasteiger partial charge in [-0.25, -0.2) is 4.98 Å². The van der Waals surface area contributed by atoms with Crippen molar-refractivity contribution in [3.63, 3.8) is 0 Å². The zero-order valence-electron chi connectivity index (χ0n) is 16.7. The van der Waals surface area contributed by atoms with Crippen molar-refractivity contribution in [1.82, 2.24) is 19.7 Å². The standard InChI is InChI=1S/C22H17N5O2S3/c28-19(24-21-23-16(13-31-21)18-9-5-11-30-18)14-32-22-26-25-20(17-8-4-10-29-17)27(22)12-15-6-2-1-3-7-15/h1-11,13H,12,14H2,(H,23,24,28). The summed E-state index contributed by atoms with van der Waals surface area (Å²) in [6.45, 7) is 0.574. The van der Waals surface area contributed by atoms with E-state index in [1.807, 2.05) is 69.9 Å². The molecule has 0 spiro atoms. The molecule has 5 aromatic rings. The number of amides is 1. The Labute approximate surface area is 196 Å². The van der Waals surface area contributed by atoms with E-state index in [2.05, 4.69) is 20.5 Å². The Balaban J connectivity index is 1.29. The van der Waals surface area contributed by atoms with Crippen molar-refractivity contribution in [3.8, 4) is 22.2 Å². The van der Waals surface area contributed by atoms with Crippen molar-refractivity contribution in [3.05, 3.63) is 77.2 Å². The molecule has 0 radical (unpaired) electrons. The number of carbonyl (C=O) groups is 1. The fourth-order valence-electron chi connectivity index (χ4n) is 3.05. The lowest BCUT2D eigenvalue weighted by atomic mass is 10.2. The van der Waals surface area contributed by atoms with E-state index in [4.69, 9.17) is 4.42 Å². The number of thiazole rings is 1. The van der Waals surface area contributed by atoms with Crippen molar-refractivity contribution in [2.45, 2.75) is 11.7 Å². The van der Waals surface area contributed by atoms with E-state index >= 15 is 0 Å². The maximum atomic E-state index is 12.5. The molecule has 0 aliphatic heterocycles. The average Bonchev–Trinajstić information content (AvgIpc) is 3.60. The average molecular weight is 480 g/mol. The molecule has 0 unspecified atom stereocenters. The van der Waals surface area contributed by atoms with Gasteiger partial charge in [0, 0.05) is 5.38 Å². The van der Waals surface area contributed by atoms with E-state index in [0.717, 1.165) is 16.1 Å². The van der Waals surface area contributed by atoms with Crippen LogP contribution in [0.1, 0.15) is 5.56 Å². The largest absolute Gasteiger partial charge is 0.461 e. The summed E-state index contributed by atoms with van der Waals surface area (Å²) in [5.74, 6) is 1.31. The molecule has 0 aliphatic carbocycles. The highest BCUT2D eigenvalue weighted by molar-refractivity contribution is 7.99. The van der Waals surface area contributed by atoms with Gasteiger partial charge < -0.3 is 9.73 Å². The van der Waals surface area contributed by atoms with Gasteiger partial charge in [-0.3, -0.25) is 9.36 Å². The first-order chi connectivity index (χ1) is 15.8. The number of nitrogens with zero attached hydrogens (tertiary/aromatic N) is 4. The van der Waals surface area contributed by atoms with Crippen molar-refractivity contribution in [2.75, 3.05) is 11.1 Å². The molecule has 0 aliphatic rings. The predicted octanol–water partition coefficient (Wildman–Crippen LogP) is 5.50. The Bertz CT molecular complexity index is 1290. The van der Waals surface area contributed by atoms with E-state index in [0.29, 0.717) is 28.4 Å². The van der Waals surface area contributed by atoms with Crippen LogP contribution in [0.15, 0.2) is 81.2 Å². The van der Waals surface area contributed by atoms with Gasteiger partial charge in [-0.05, 0) is 29.1 Å². The Morgan fingerprint density at radius 1 is 1.06 bits per heavy atom. The molecule has 0 saturated heterocycles. The first kappa shape index (κ1) is 20.7. The molecular weight excluding hydrogens is 462 g/mol. The van der Waals surface area contributed by atoms with Crippen molar-refractivity contribution < 1.29 is 9.21 Å². The third kappa shape index (κ3) is 4.67. The van der Waals surface area contributed by atoms with Gasteiger partial charge in [-0.15, -0.1) is 32.9 Å². The van der Waals surface area contributed by atoms with Crippen LogP contribution in [0.2, 0.25) is 0 Å². The SMILES string of the molecule is O=C(CSc1nnc(-c2ccco2)n1Cc1ccccc1)Nc1nc(-c2cccs2)cs1. The lowest BCUT2D eigenvalue weighted by molar-refractivity contribution is -0.113. The number of hydrogen-bond acceptors (Lipinski definition) is 8. The van der Waals surface area contributed by atoms with Crippen LogP contribution in [0, 0.1) is 0 Å². The van der Waals surface area contributed by atoms with Crippen LogP contribution in [0.3, 0.4) is 0 Å². The molecule has 10 heteroatoms. The molecule has 1 aromatic carbocycles. The second-order valence-corrected chi connectivity index (χ2v) is 9.46. The second-order valence-electron chi connectivity index (χ2n) is 6.71. The molecule has 1 amide bonds. The molecule has 0 fully saturated rings. The number of thioether (sulfide) groups is 1. The van der Waals surface area contributed by atoms with Crippen LogP contribution >= 0.6 is 34.4 Å². The molecule has 5 rings (SSSR count). The minimum atomic E-state index is -0.143. The summed E-state index contributed by atoms with van der Waals surface area (Å²) in [4.78, 5) is 18.1. The summed E-state index contributed by atoms with van der Waals surface area (Å²) in [5.41, 5.74) is 1.98. The highest BCUT2D eigenvalue weighted by Gasteiger charge is 2.18. The van der Waals surface area contributed by atoms with Crippen LogP contribution in [0.4, 0.5) is 5.13 Å². The zero-order chi connectivity index (χ0) is 21.8. The van der Waals surface area contributed by atoms with E-state index in [1.165, 1.54) is 23.1 Å². The van der Waals surface area contributed by atoms with Crippen LogP contribution in [0.5, 0.6) is 0 Å². The van der Waals surface area contributed by atoms with Crippen molar-refractivity contribution >= 4 is 45.5 Å². The van der Waals surface area contributed by atoms with Gasteiger partial charge in [-0.2, -0.15) is 0 Å². The van der Waals surface area contributed by atoms with Crippen molar-refractivity contribution in [2.24, 2.45) is 0 Å². The molecule has 1 N–H and O–H groups in total. The Morgan fingerprint density at radius 2 is 1.97 bits per heavy atom. The van der Waals surface area contributed by atoms with E-state index in [9.17, 15) is 4.79 Å². The lowest BCUT2D eigenvalue weighted by Gasteiger charge is -2.09. The van der Waals surface area contributed by atoms with E-state index in [1.54, 1.807) is 17.6 Å². The molecule has 4 aromatic heterocycles. The van der Waals surface area contributed by atoms with Gasteiger partial charge >= 0.3 is 0 Å². The Kier molecular flexibility index (Phi) is 6.15.